The SMILES string of the molecule is CC(C)CCC(CCC(C)C)S(=O)(=O)O.CC(C)CCCC(CC(C)C)S(=O)(=O)O.CC(C)CCCC(CC(C)C)S(=O)(=O)O.CC(C)CCCCCC(C)C.CC(C)CCCOCC(C)C.CC(C)CCOCCC(C)C.CC(C)CCOCCOCC(C)C.CC(C)CCOCCOCCOCCC(C)C.CC(C)CCOCCOCCOCCOCC(C)C.CC(C)COCC(CC(C)C)S(=O)(=O)O. The standard InChI is InChI=1S/C15H32O4.C14H30O3.3C11H24O3S.C11H24O2.C11H24.C10H22O4S.2C10H22O/c1-14(2)5-6-16-7-8-17-9-10-18-11-12-19-13-15(3)4;1-13(2)5-7-15-9-11-17-12-10-16-8-6-14(3)4;1-9(2)5-7-11(15(12,13)14)8-6-10(3)4;2*1-9(2)6-5-7-11(8-10(3)4)15(12,13)14;1-10(2)5-6-12-7-8-13-9-11(3)4;1-10(2)8-6-5-7-9-11(3)4;1-8(2)5-10(15(11,12)13)7-14-6-9(3)4;1-9(2)5-7-11-8-6-10(3)4;1-9(2)6-5-7-11-8-10(3)4/h14-15H,5-13H2,1-4H3;13-14H,5-12H2,1-4H3;3*9-11H,5-8H2,1-4H3,(H,12,13,14);10-11H,5-9H2,1-4H3;10-11H,5-9H2,1-4H3;8-10H,5-7H2,1-4H3,(H,11,12,13);2*9-10H,5-8H2,1-4H3. The fourth-order valence-corrected chi connectivity index (χ4v) is 16.3. The van der Waals surface area contributed by atoms with Crippen molar-refractivity contribution < 1.29 is 109 Å². The van der Waals surface area contributed by atoms with Gasteiger partial charge in [0, 0.05) is 72.7 Å². The minimum Gasteiger partial charge on any atom is -0.381 e. The van der Waals surface area contributed by atoms with Crippen LogP contribution in [0.3, 0.4) is 0 Å². The van der Waals surface area contributed by atoms with Gasteiger partial charge in [-0.15, -0.1) is 0 Å². The van der Waals surface area contributed by atoms with E-state index in [4.69, 9.17) is 75.1 Å². The fraction of sp³-hybridized carbons (Fsp3) is 1.00. The van der Waals surface area contributed by atoms with Crippen molar-refractivity contribution in [2.24, 2.45) is 118 Å². The summed E-state index contributed by atoms with van der Waals surface area (Å²) in [5.41, 5.74) is 0. The Morgan fingerprint density at radius 2 is 0.310 bits per heavy atom. The molecule has 0 amide bonds. The molecule has 0 aromatic carbocycles. The highest BCUT2D eigenvalue weighted by molar-refractivity contribution is 7.87. The summed E-state index contributed by atoms with van der Waals surface area (Å²) < 4.78 is 190. The van der Waals surface area contributed by atoms with Crippen LogP contribution in [0.4, 0.5) is 0 Å². The molecule has 0 aliphatic carbocycles. The quantitative estimate of drug-likeness (QED) is 0.0325. The maximum Gasteiger partial charge on any atom is 0.270 e. The molecule has 4 N–H and O–H groups in total. The van der Waals surface area contributed by atoms with Gasteiger partial charge in [-0.25, -0.2) is 0 Å². The molecular weight excluding hydrogens is 1880 g/mol. The molecule has 0 heterocycles. The van der Waals surface area contributed by atoms with Crippen LogP contribution in [-0.4, -0.2) is 231 Å². The van der Waals surface area contributed by atoms with Gasteiger partial charge in [-0.05, 0) is 228 Å². The molecule has 0 fully saturated rings. The summed E-state index contributed by atoms with van der Waals surface area (Å²) in [4.78, 5) is 0. The molecule has 0 spiro atoms. The maximum absolute atomic E-state index is 11.1. The molecule has 872 valence electrons. The first-order valence-electron chi connectivity index (χ1n) is 56.5. The first-order chi connectivity index (χ1) is 65.7. The van der Waals surface area contributed by atoms with E-state index in [0.29, 0.717) is 195 Å². The molecule has 3 atom stereocenters. The van der Waals surface area contributed by atoms with Gasteiger partial charge in [0.2, 0.25) is 0 Å². The minimum absolute atomic E-state index is 0.0786. The molecular formula is C114H248O24S4. The number of hydrogen-bond donors (Lipinski definition) is 4. The lowest BCUT2D eigenvalue weighted by Crippen LogP contribution is -2.28. The highest BCUT2D eigenvalue weighted by Gasteiger charge is 2.27. The molecule has 0 aromatic heterocycles. The van der Waals surface area contributed by atoms with Crippen molar-refractivity contribution in [3.63, 3.8) is 0 Å². The maximum atomic E-state index is 11.1. The van der Waals surface area contributed by atoms with Gasteiger partial charge in [0.15, 0.2) is 0 Å². The first-order valence-corrected chi connectivity index (χ1v) is 62.5. The topological polar surface area (TPSA) is 328 Å². The van der Waals surface area contributed by atoms with Crippen molar-refractivity contribution >= 4 is 40.5 Å². The third-order valence-electron chi connectivity index (χ3n) is 21.1. The second-order valence-electron chi connectivity index (χ2n) is 47.3. The Morgan fingerprint density at radius 1 is 0.134 bits per heavy atom. The molecule has 0 aliphatic heterocycles. The van der Waals surface area contributed by atoms with E-state index >= 15 is 0 Å². The zero-order chi connectivity index (χ0) is 112. The second-order valence-corrected chi connectivity index (χ2v) is 54.1. The van der Waals surface area contributed by atoms with E-state index in [0.717, 1.165) is 179 Å². The van der Waals surface area contributed by atoms with E-state index in [1.54, 1.807) is 0 Å². The molecule has 0 radical (unpaired) electrons. The lowest BCUT2D eigenvalue weighted by molar-refractivity contribution is -0.00539. The summed E-state index contributed by atoms with van der Waals surface area (Å²) in [6.45, 7) is 103. The van der Waals surface area contributed by atoms with Gasteiger partial charge < -0.3 is 56.8 Å². The van der Waals surface area contributed by atoms with Gasteiger partial charge in [0.25, 0.3) is 40.5 Å². The lowest BCUT2D eigenvalue weighted by atomic mass is 10.0. The molecule has 0 saturated heterocycles. The Balaban J connectivity index is -0.000000171. The number of ether oxygens (including phenoxy) is 12. The number of rotatable bonds is 80. The monoisotopic (exact) mass is 2130 g/mol. The predicted molar refractivity (Wildman–Crippen MR) is 608 cm³/mol. The van der Waals surface area contributed by atoms with Crippen LogP contribution in [0, 0.1) is 118 Å². The van der Waals surface area contributed by atoms with Gasteiger partial charge in [0.05, 0.1) is 102 Å². The van der Waals surface area contributed by atoms with E-state index in [9.17, 15) is 33.7 Å². The number of hydrogen-bond acceptors (Lipinski definition) is 20. The molecule has 142 heavy (non-hydrogen) atoms. The third-order valence-corrected chi connectivity index (χ3v) is 26.2. The van der Waals surface area contributed by atoms with E-state index in [-0.39, 0.29) is 12.5 Å². The molecule has 0 rings (SSSR count). The van der Waals surface area contributed by atoms with Crippen LogP contribution in [0.25, 0.3) is 0 Å². The van der Waals surface area contributed by atoms with Crippen molar-refractivity contribution in [3.8, 4) is 0 Å². The third kappa shape index (κ3) is 164. The van der Waals surface area contributed by atoms with Crippen molar-refractivity contribution in [1.29, 1.82) is 0 Å². The van der Waals surface area contributed by atoms with Gasteiger partial charge in [-0.1, -0.05) is 335 Å². The van der Waals surface area contributed by atoms with Crippen LogP contribution < -0.4 is 0 Å². The summed E-state index contributed by atoms with van der Waals surface area (Å²) in [5.74, 6) is 12.2. The highest BCUT2D eigenvalue weighted by Crippen LogP contribution is 2.24. The summed E-state index contributed by atoms with van der Waals surface area (Å²) >= 11 is 0. The van der Waals surface area contributed by atoms with E-state index in [2.05, 4.69) is 222 Å². The van der Waals surface area contributed by atoms with Crippen LogP contribution in [0.15, 0.2) is 0 Å². The van der Waals surface area contributed by atoms with Crippen LogP contribution in [0.2, 0.25) is 0 Å². The van der Waals surface area contributed by atoms with Crippen LogP contribution in [0.1, 0.15) is 444 Å². The second kappa shape index (κ2) is 110. The molecule has 24 nitrogen and oxygen atoms in total. The molecule has 0 saturated carbocycles. The van der Waals surface area contributed by atoms with Crippen molar-refractivity contribution in [2.75, 3.05) is 159 Å². The summed E-state index contributed by atoms with van der Waals surface area (Å²) in [5, 5.41) is -2.51. The first kappa shape index (κ1) is 161. The fourth-order valence-electron chi connectivity index (χ4n) is 12.3. The predicted octanol–water partition coefficient (Wildman–Crippen LogP) is 30.4. The Hall–Kier alpha value is -0.840. The van der Waals surface area contributed by atoms with E-state index in [1.807, 2.05) is 55.4 Å². The van der Waals surface area contributed by atoms with Crippen molar-refractivity contribution in [1.82, 2.24) is 0 Å². The zero-order valence-corrected chi connectivity index (χ0v) is 104. The smallest absolute Gasteiger partial charge is 0.270 e. The Bertz CT molecular complexity index is 2650. The highest BCUT2D eigenvalue weighted by atomic mass is 32.2. The summed E-state index contributed by atoms with van der Waals surface area (Å²) in [7, 11) is -15.6. The van der Waals surface area contributed by atoms with Crippen LogP contribution >= 0.6 is 0 Å². The summed E-state index contributed by atoms with van der Waals surface area (Å²) in [6.07, 6.45) is 25.8. The van der Waals surface area contributed by atoms with Crippen molar-refractivity contribution in [2.45, 2.75) is 465 Å². The molecule has 3 unspecified atom stereocenters. The summed E-state index contributed by atoms with van der Waals surface area (Å²) in [6, 6.07) is 0. The molecule has 28 heteroatoms. The average molecular weight is 2130 g/mol. The molecule has 0 aromatic rings. The van der Waals surface area contributed by atoms with Gasteiger partial charge in [-0.3, -0.25) is 18.2 Å². The molecule has 0 bridgehead atoms. The van der Waals surface area contributed by atoms with Gasteiger partial charge in [0.1, 0.15) is 5.25 Å². The van der Waals surface area contributed by atoms with Gasteiger partial charge in [-0.2, -0.15) is 33.7 Å². The zero-order valence-electron chi connectivity index (χ0n) is 101. The van der Waals surface area contributed by atoms with Crippen LogP contribution in [-0.2, 0) is 97.3 Å². The average Bonchev–Trinajstić information content (AvgIpc) is 0.898. The minimum atomic E-state index is -3.98. The molecule has 0 aliphatic rings. The Labute approximate surface area is 885 Å². The Morgan fingerprint density at radius 3 is 0.514 bits per heavy atom. The Kier molecular flexibility index (Phi) is 125. The van der Waals surface area contributed by atoms with Crippen molar-refractivity contribution in [3.05, 3.63) is 0 Å². The van der Waals surface area contributed by atoms with Crippen LogP contribution in [0.5, 0.6) is 0 Å². The largest absolute Gasteiger partial charge is 0.381 e. The van der Waals surface area contributed by atoms with E-state index < -0.39 is 61.5 Å². The normalized spacial score (nSPS) is 12.8. The van der Waals surface area contributed by atoms with E-state index in [1.165, 1.54) is 57.8 Å². The lowest BCUT2D eigenvalue weighted by Gasteiger charge is -2.16. The number of unbranched alkanes of at least 4 members (excludes halogenated alkanes) is 2. The van der Waals surface area contributed by atoms with Gasteiger partial charge >= 0.3 is 0 Å².